The zero-order valence-corrected chi connectivity index (χ0v) is 76.1. The standard InChI is InChI=1S/C115H122BN3/c1-106(2,3)73-45-50-98(87(62-73)71-54-77(110(13,14)15)60-78(55-71)111(16,17)18)118-101-58-69(70-52-75(108(7,8)9)59-76(53-70)109(10,11)12)44-48-95(101)116-96-49-47-82(117-97-43-35-31-39-86(97)90-67-89-85-38-30-34-42-93(85)115(94(89)68-100(90)117)91-40-32-28-36-83(91)84-37-29-33-41-92(84)115)66-102(96)119(104-65-81(114(25,26)27)64-103(118)105(104)116)99-51-46-74(107(4,5)6)63-88(99)72-56-79(112(19,20)21)61-80(57-72)113(22,23)24/h28-68H,1-27H3. The smallest absolute Gasteiger partial charge is 0.252 e. The van der Waals surface area contributed by atoms with Gasteiger partial charge in [-0.15, -0.1) is 0 Å². The van der Waals surface area contributed by atoms with Gasteiger partial charge in [-0.2, -0.15) is 0 Å². The average Bonchev–Trinajstić information content (AvgIpc) is 1.66. The van der Waals surface area contributed by atoms with Gasteiger partial charge in [-0.05, 0) is 255 Å². The molecule has 0 saturated carbocycles. The van der Waals surface area contributed by atoms with Crippen molar-refractivity contribution in [3.8, 4) is 61.3 Å². The number of fused-ring (bicyclic) bond motifs is 17. The molecule has 3 heterocycles. The molecule has 14 aromatic rings. The van der Waals surface area contributed by atoms with Gasteiger partial charge in [0.15, 0.2) is 0 Å². The zero-order valence-electron chi connectivity index (χ0n) is 76.1. The normalized spacial score (nSPS) is 14.5. The summed E-state index contributed by atoms with van der Waals surface area (Å²) in [6.45, 7) is 64.2. The summed E-state index contributed by atoms with van der Waals surface area (Å²) in [5.74, 6) is 0. The Morgan fingerprint density at radius 2 is 0.580 bits per heavy atom. The molecule has 2 aliphatic heterocycles. The van der Waals surface area contributed by atoms with Crippen LogP contribution in [0.3, 0.4) is 0 Å². The fourth-order valence-corrected chi connectivity index (χ4v) is 19.9. The molecule has 3 nitrogen and oxygen atoms in total. The van der Waals surface area contributed by atoms with Crippen molar-refractivity contribution in [1.29, 1.82) is 0 Å². The van der Waals surface area contributed by atoms with Crippen LogP contribution in [0.2, 0.25) is 0 Å². The molecule has 0 saturated heterocycles. The fraction of sp³-hybridized carbons (Fsp3) is 0.322. The van der Waals surface area contributed by atoms with Gasteiger partial charge in [-0.3, -0.25) is 0 Å². The number of rotatable bonds is 6. The quantitative estimate of drug-likeness (QED) is 0.154. The highest BCUT2D eigenvalue weighted by atomic mass is 15.2. The summed E-state index contributed by atoms with van der Waals surface area (Å²) < 4.78 is 2.63. The third kappa shape index (κ3) is 12.9. The van der Waals surface area contributed by atoms with Crippen molar-refractivity contribution in [2.45, 2.75) is 241 Å². The average molecular weight is 1560 g/mol. The summed E-state index contributed by atoms with van der Waals surface area (Å²) in [5, 5.41) is 2.48. The summed E-state index contributed by atoms with van der Waals surface area (Å²) >= 11 is 0. The van der Waals surface area contributed by atoms with Crippen molar-refractivity contribution in [2.75, 3.05) is 9.80 Å². The van der Waals surface area contributed by atoms with Gasteiger partial charge in [0.25, 0.3) is 6.71 Å². The summed E-state index contributed by atoms with van der Waals surface area (Å²) in [4.78, 5) is 5.53. The Labute approximate surface area is 712 Å². The second kappa shape index (κ2) is 26.7. The minimum absolute atomic E-state index is 0.0956. The molecule has 600 valence electrons. The Morgan fingerprint density at radius 1 is 0.218 bits per heavy atom. The first-order chi connectivity index (χ1) is 55.7. The van der Waals surface area contributed by atoms with Crippen LogP contribution in [0.25, 0.3) is 83.1 Å². The first kappa shape index (κ1) is 79.4. The number of nitrogens with zero attached hydrogens (tertiary/aromatic N) is 3. The summed E-state index contributed by atoms with van der Waals surface area (Å²) in [6, 6.07) is 100. The van der Waals surface area contributed by atoms with Crippen molar-refractivity contribution in [2.24, 2.45) is 0 Å². The van der Waals surface area contributed by atoms with E-state index in [1.165, 1.54) is 189 Å². The molecule has 0 N–H and O–H groups in total. The monoisotopic (exact) mass is 1560 g/mol. The molecule has 1 spiro atoms. The predicted molar refractivity (Wildman–Crippen MR) is 516 cm³/mol. The Hall–Kier alpha value is -10.7. The highest BCUT2D eigenvalue weighted by Gasteiger charge is 2.53. The van der Waals surface area contributed by atoms with Gasteiger partial charge < -0.3 is 14.4 Å². The van der Waals surface area contributed by atoms with E-state index in [9.17, 15) is 0 Å². The third-order valence-corrected chi connectivity index (χ3v) is 27.1. The molecule has 0 fully saturated rings. The highest BCUT2D eigenvalue weighted by molar-refractivity contribution is 7.00. The van der Waals surface area contributed by atoms with Gasteiger partial charge >= 0.3 is 0 Å². The van der Waals surface area contributed by atoms with E-state index in [1.54, 1.807) is 0 Å². The molecule has 0 unspecified atom stereocenters. The van der Waals surface area contributed by atoms with Crippen molar-refractivity contribution >= 4 is 79.0 Å². The maximum absolute atomic E-state index is 2.77. The Morgan fingerprint density at radius 3 is 1.00 bits per heavy atom. The molecule has 4 aliphatic rings. The van der Waals surface area contributed by atoms with Crippen molar-refractivity contribution in [3.63, 3.8) is 0 Å². The number of aromatic nitrogens is 1. The molecule has 119 heavy (non-hydrogen) atoms. The van der Waals surface area contributed by atoms with E-state index in [4.69, 9.17) is 0 Å². The number of anilines is 6. The minimum atomic E-state index is -0.534. The highest BCUT2D eigenvalue weighted by Crippen LogP contribution is 2.64. The summed E-state index contributed by atoms with van der Waals surface area (Å²) in [5.41, 5.74) is 42.3. The lowest BCUT2D eigenvalue weighted by atomic mass is 9.33. The molecule has 18 rings (SSSR count). The summed E-state index contributed by atoms with van der Waals surface area (Å²) in [6.07, 6.45) is 0. The molecular formula is C115H122BN3. The van der Waals surface area contributed by atoms with Crippen molar-refractivity contribution in [1.82, 2.24) is 4.57 Å². The predicted octanol–water partition coefficient (Wildman–Crippen LogP) is 29.9. The van der Waals surface area contributed by atoms with Crippen molar-refractivity contribution < 1.29 is 0 Å². The zero-order chi connectivity index (χ0) is 84.7. The van der Waals surface area contributed by atoms with Gasteiger partial charge in [-0.1, -0.05) is 363 Å². The Kier molecular flexibility index (Phi) is 17.8. The third-order valence-electron chi connectivity index (χ3n) is 27.1. The van der Waals surface area contributed by atoms with Crippen LogP contribution in [-0.2, 0) is 54.1 Å². The van der Waals surface area contributed by atoms with Crippen molar-refractivity contribution in [3.05, 3.63) is 321 Å². The van der Waals surface area contributed by atoms with Crippen LogP contribution < -0.4 is 26.2 Å². The Bertz CT molecular complexity index is 6410. The van der Waals surface area contributed by atoms with E-state index in [2.05, 4.69) is 450 Å². The Balaban J connectivity index is 0.994. The van der Waals surface area contributed by atoms with Crippen LogP contribution in [0.5, 0.6) is 0 Å². The van der Waals surface area contributed by atoms with Gasteiger partial charge in [-0.25, -0.2) is 0 Å². The molecule has 0 atom stereocenters. The van der Waals surface area contributed by atoms with Gasteiger partial charge in [0.2, 0.25) is 0 Å². The number of benzene rings is 13. The maximum atomic E-state index is 2.77. The number of hydrogen-bond acceptors (Lipinski definition) is 2. The van der Waals surface area contributed by atoms with E-state index >= 15 is 0 Å². The number of para-hydroxylation sites is 1. The van der Waals surface area contributed by atoms with Crippen LogP contribution >= 0.6 is 0 Å². The molecule has 0 bridgehead atoms. The molecule has 4 heteroatoms. The van der Waals surface area contributed by atoms with E-state index < -0.39 is 5.41 Å². The van der Waals surface area contributed by atoms with E-state index in [-0.39, 0.29) is 55.4 Å². The lowest BCUT2D eigenvalue weighted by molar-refractivity contribution is 0.568. The van der Waals surface area contributed by atoms with E-state index in [0.717, 1.165) is 17.1 Å². The van der Waals surface area contributed by atoms with E-state index in [0.29, 0.717) is 0 Å². The fourth-order valence-electron chi connectivity index (χ4n) is 19.9. The first-order valence-corrected chi connectivity index (χ1v) is 43.9. The molecule has 1 aromatic heterocycles. The second-order valence-electron chi connectivity index (χ2n) is 44.8. The minimum Gasteiger partial charge on any atom is -0.311 e. The maximum Gasteiger partial charge on any atom is 0.252 e. The van der Waals surface area contributed by atoms with Gasteiger partial charge in [0.1, 0.15) is 0 Å². The van der Waals surface area contributed by atoms with Crippen LogP contribution in [0.4, 0.5) is 34.1 Å². The lowest BCUT2D eigenvalue weighted by Crippen LogP contribution is -2.61. The topological polar surface area (TPSA) is 11.4 Å². The van der Waals surface area contributed by atoms with Crippen LogP contribution in [0, 0.1) is 0 Å². The number of hydrogen-bond donors (Lipinski definition) is 0. The van der Waals surface area contributed by atoms with Crippen LogP contribution in [-0.4, -0.2) is 11.3 Å². The van der Waals surface area contributed by atoms with Gasteiger partial charge in [0, 0.05) is 50.3 Å². The molecule has 2 aliphatic carbocycles. The largest absolute Gasteiger partial charge is 0.311 e. The van der Waals surface area contributed by atoms with Crippen LogP contribution in [0.15, 0.2) is 249 Å². The lowest BCUT2D eigenvalue weighted by Gasteiger charge is -2.46. The van der Waals surface area contributed by atoms with E-state index in [1.807, 2.05) is 0 Å². The molecule has 0 amide bonds. The molecule has 13 aromatic carbocycles. The first-order valence-electron chi connectivity index (χ1n) is 43.9. The molecule has 0 radical (unpaired) electrons. The second-order valence-corrected chi connectivity index (χ2v) is 44.8. The SMILES string of the molecule is CC(C)(C)c1cc(-c2ccc3c(c2)N(c2ccc(C(C)(C)C)cc2-c2cc(C(C)(C)C)cc(C(C)(C)C)c2)c2cc(C(C)(C)C)cc4c2B3c2ccc(-n3c5ccccc5c5cc6c(cc53)C3(c5ccccc5-c5ccccc53)c3ccccc3-6)cc2N4c2ccc(C(C)(C)C)cc2-c2cc(C(C)(C)C)cc(C(C)(C)C)c2)cc(C(C)(C)C)c1. The van der Waals surface area contributed by atoms with Gasteiger partial charge in [0.05, 0.1) is 27.8 Å². The molecular weight excluding hydrogens is 1430 g/mol. The summed E-state index contributed by atoms with van der Waals surface area (Å²) in [7, 11) is 0. The van der Waals surface area contributed by atoms with Crippen LogP contribution in [0.1, 0.15) is 259 Å².